The van der Waals surface area contributed by atoms with Crippen LogP contribution in [0.25, 0.3) is 0 Å². The van der Waals surface area contributed by atoms with Gasteiger partial charge in [-0.2, -0.15) is 18.6 Å². The van der Waals surface area contributed by atoms with Crippen LogP contribution in [0.15, 0.2) is 81.9 Å². The minimum atomic E-state index is -4.26. The average molecular weight is 455 g/mol. The molecule has 0 heterocycles. The van der Waals surface area contributed by atoms with Gasteiger partial charge in [-0.05, 0) is 67.4 Å². The Morgan fingerprint density at radius 2 is 1.75 bits per heavy atom. The Morgan fingerprint density at radius 3 is 2.34 bits per heavy atom. The van der Waals surface area contributed by atoms with E-state index >= 15 is 0 Å². The quantitative estimate of drug-likeness (QED) is 0.205. The number of non-ortho nitro benzene ring substituents is 1. The van der Waals surface area contributed by atoms with E-state index in [-0.39, 0.29) is 10.6 Å². The third-order valence-electron chi connectivity index (χ3n) is 4.83. The van der Waals surface area contributed by atoms with Gasteiger partial charge in [0.1, 0.15) is 0 Å². The van der Waals surface area contributed by atoms with E-state index in [1.807, 2.05) is 32.0 Å². The van der Waals surface area contributed by atoms with E-state index in [9.17, 15) is 23.1 Å². The Kier molecular flexibility index (Phi) is 6.96. The second-order valence-electron chi connectivity index (χ2n) is 7.08. The molecule has 0 fully saturated rings. The van der Waals surface area contributed by atoms with Crippen LogP contribution < -0.4 is 4.90 Å². The van der Waals surface area contributed by atoms with E-state index in [4.69, 9.17) is 0 Å². The normalized spacial score (nSPS) is 11.6. The first kappa shape index (κ1) is 23.0. The molecule has 0 aliphatic rings. The van der Waals surface area contributed by atoms with Gasteiger partial charge in [0.2, 0.25) is 0 Å². The molecule has 0 aliphatic carbocycles. The highest BCUT2D eigenvalue weighted by atomic mass is 32.2. The zero-order valence-electron chi connectivity index (χ0n) is 17.5. The molecule has 0 spiro atoms. The zero-order valence-corrected chi connectivity index (χ0v) is 18.4. The van der Waals surface area contributed by atoms with E-state index in [0.29, 0.717) is 24.5 Å². The SMILES string of the molecule is CCN(Cc1cccc(S(=O)(=O)O)c1)c1ccc(N=Nc2ccc([N+](=O)[O-])cc2)c(C)c1. The van der Waals surface area contributed by atoms with Crippen LogP contribution in [0.2, 0.25) is 0 Å². The van der Waals surface area contributed by atoms with E-state index in [2.05, 4.69) is 15.1 Å². The summed E-state index contributed by atoms with van der Waals surface area (Å²) in [6, 6.07) is 17.7. The number of rotatable bonds is 8. The van der Waals surface area contributed by atoms with Gasteiger partial charge in [0.15, 0.2) is 0 Å². The molecule has 32 heavy (non-hydrogen) atoms. The summed E-state index contributed by atoms with van der Waals surface area (Å²) in [4.78, 5) is 12.2. The third-order valence-corrected chi connectivity index (χ3v) is 5.68. The van der Waals surface area contributed by atoms with Crippen LogP contribution in [-0.2, 0) is 16.7 Å². The number of azo groups is 1. The summed E-state index contributed by atoms with van der Waals surface area (Å²) < 4.78 is 32.1. The molecular formula is C22H22N4O5S. The molecule has 0 saturated carbocycles. The highest BCUT2D eigenvalue weighted by Crippen LogP contribution is 2.28. The fourth-order valence-electron chi connectivity index (χ4n) is 3.11. The van der Waals surface area contributed by atoms with Gasteiger partial charge in [-0.3, -0.25) is 14.7 Å². The van der Waals surface area contributed by atoms with Crippen molar-refractivity contribution in [1.29, 1.82) is 0 Å². The molecule has 0 unspecified atom stereocenters. The molecule has 0 aliphatic heterocycles. The van der Waals surface area contributed by atoms with Crippen LogP contribution in [0.5, 0.6) is 0 Å². The number of hydrogen-bond acceptors (Lipinski definition) is 7. The van der Waals surface area contributed by atoms with Crippen molar-refractivity contribution in [2.45, 2.75) is 25.3 Å². The van der Waals surface area contributed by atoms with Crippen LogP contribution >= 0.6 is 0 Å². The van der Waals surface area contributed by atoms with Crippen molar-refractivity contribution >= 4 is 32.9 Å². The van der Waals surface area contributed by atoms with Crippen molar-refractivity contribution in [2.24, 2.45) is 10.2 Å². The first-order valence-electron chi connectivity index (χ1n) is 9.75. The number of nitrogens with zero attached hydrogens (tertiary/aromatic N) is 4. The Bertz CT molecular complexity index is 1260. The van der Waals surface area contributed by atoms with Crippen LogP contribution in [0.3, 0.4) is 0 Å². The standard InChI is InChI=1S/C22H22N4O5S/c1-3-25(15-17-5-4-6-21(14-17)32(29,30)31)20-11-12-22(16(2)13-20)24-23-18-7-9-19(10-8-18)26(27)28/h4-14H,3,15H2,1-2H3,(H,29,30,31). The smallest absolute Gasteiger partial charge is 0.294 e. The van der Waals surface area contributed by atoms with E-state index in [1.165, 1.54) is 36.4 Å². The van der Waals surface area contributed by atoms with Crippen molar-refractivity contribution in [1.82, 2.24) is 0 Å². The number of benzene rings is 3. The van der Waals surface area contributed by atoms with Crippen LogP contribution in [0.1, 0.15) is 18.1 Å². The summed E-state index contributed by atoms with van der Waals surface area (Å²) in [5.74, 6) is 0. The molecular weight excluding hydrogens is 432 g/mol. The van der Waals surface area contributed by atoms with Crippen LogP contribution in [-0.4, -0.2) is 24.4 Å². The lowest BCUT2D eigenvalue weighted by Gasteiger charge is -2.24. The lowest BCUT2D eigenvalue weighted by molar-refractivity contribution is -0.384. The number of aryl methyl sites for hydroxylation is 1. The molecule has 0 bridgehead atoms. The molecule has 0 radical (unpaired) electrons. The van der Waals surface area contributed by atoms with Crippen molar-refractivity contribution < 1.29 is 17.9 Å². The largest absolute Gasteiger partial charge is 0.367 e. The maximum atomic E-state index is 11.4. The third kappa shape index (κ3) is 5.74. The molecule has 3 aromatic carbocycles. The molecule has 166 valence electrons. The Labute approximate surface area is 185 Å². The minimum absolute atomic E-state index is 0.00809. The summed E-state index contributed by atoms with van der Waals surface area (Å²) >= 11 is 0. The van der Waals surface area contributed by atoms with Gasteiger partial charge in [-0.25, -0.2) is 0 Å². The minimum Gasteiger partial charge on any atom is -0.367 e. The van der Waals surface area contributed by atoms with Gasteiger partial charge in [0, 0.05) is 30.9 Å². The van der Waals surface area contributed by atoms with Gasteiger partial charge in [-0.1, -0.05) is 12.1 Å². The molecule has 0 amide bonds. The first-order valence-corrected chi connectivity index (χ1v) is 11.2. The fourth-order valence-corrected chi connectivity index (χ4v) is 3.66. The summed E-state index contributed by atoms with van der Waals surface area (Å²) in [6.07, 6.45) is 0. The zero-order chi connectivity index (χ0) is 23.3. The van der Waals surface area contributed by atoms with Crippen molar-refractivity contribution in [3.05, 3.63) is 88.0 Å². The highest BCUT2D eigenvalue weighted by Gasteiger charge is 2.12. The lowest BCUT2D eigenvalue weighted by atomic mass is 10.1. The summed E-state index contributed by atoms with van der Waals surface area (Å²) in [5.41, 5.74) is 3.73. The lowest BCUT2D eigenvalue weighted by Crippen LogP contribution is -2.22. The Morgan fingerprint density at radius 1 is 1.03 bits per heavy atom. The van der Waals surface area contributed by atoms with Crippen molar-refractivity contribution in [3.63, 3.8) is 0 Å². The van der Waals surface area contributed by atoms with Crippen molar-refractivity contribution in [2.75, 3.05) is 11.4 Å². The van der Waals surface area contributed by atoms with Gasteiger partial charge < -0.3 is 4.90 Å². The second kappa shape index (κ2) is 9.67. The molecule has 1 N–H and O–H groups in total. The Hall–Kier alpha value is -3.63. The maximum Gasteiger partial charge on any atom is 0.294 e. The molecule has 9 nitrogen and oxygen atoms in total. The monoisotopic (exact) mass is 454 g/mol. The fraction of sp³-hybridized carbons (Fsp3) is 0.182. The number of hydrogen-bond donors (Lipinski definition) is 1. The van der Waals surface area contributed by atoms with E-state index < -0.39 is 15.0 Å². The van der Waals surface area contributed by atoms with Gasteiger partial charge >= 0.3 is 0 Å². The topological polar surface area (TPSA) is 125 Å². The summed E-state index contributed by atoms with van der Waals surface area (Å²) in [6.45, 7) is 5.03. The van der Waals surface area contributed by atoms with Crippen molar-refractivity contribution in [3.8, 4) is 0 Å². The number of nitro benzene ring substituents is 1. The van der Waals surface area contributed by atoms with Crippen LogP contribution in [0.4, 0.5) is 22.7 Å². The molecule has 0 aromatic heterocycles. The second-order valence-corrected chi connectivity index (χ2v) is 8.50. The molecule has 3 aromatic rings. The Balaban J connectivity index is 1.77. The predicted octanol–water partition coefficient (Wildman–Crippen LogP) is 5.59. The summed E-state index contributed by atoms with van der Waals surface area (Å²) in [7, 11) is -4.26. The van der Waals surface area contributed by atoms with Crippen LogP contribution in [0, 0.1) is 17.0 Å². The van der Waals surface area contributed by atoms with E-state index in [0.717, 1.165) is 16.8 Å². The average Bonchev–Trinajstić information content (AvgIpc) is 2.76. The maximum absolute atomic E-state index is 11.4. The molecule has 0 saturated heterocycles. The highest BCUT2D eigenvalue weighted by molar-refractivity contribution is 7.85. The predicted molar refractivity (Wildman–Crippen MR) is 121 cm³/mol. The number of anilines is 1. The van der Waals surface area contributed by atoms with E-state index in [1.54, 1.807) is 12.1 Å². The van der Waals surface area contributed by atoms with Gasteiger partial charge in [-0.15, -0.1) is 0 Å². The molecule has 3 rings (SSSR count). The number of nitro groups is 1. The van der Waals surface area contributed by atoms with Gasteiger partial charge in [0.05, 0.1) is 21.2 Å². The molecule has 0 atom stereocenters. The summed E-state index contributed by atoms with van der Waals surface area (Å²) in [5, 5.41) is 19.1. The molecule has 10 heteroatoms. The van der Waals surface area contributed by atoms with Gasteiger partial charge in [0.25, 0.3) is 15.8 Å². The first-order chi connectivity index (χ1) is 15.2.